The standard InChI is InChI=1S/C61H114N5O33P/c1-83-100(81,82)96-15-9-3-2-6-14-64-60(79)43(10-4-7-12-62-51(73)40-90-25-22-84-16-19-87-28-31-93-54-34-45(70)57(76)48(37-67)97-54)66-61(80)44(65-53(75)42-92-27-24-86-18-21-89-30-33-95-56-36-47(72)59(78)50(39-69)99-56)11-5-8-13-63-52(74)41-91-26-23-85-17-20-88-29-32-94-55-35-46(71)58(77)49(38-68)98-55/h43-50,54-59,67-72,76-78H,2-42H2,1H3,(H,62,73)(H,63,74)(H,64,79)(H,65,75)(H,66,80)(H,81,82)/t43-,44-,45+,46+,47+,48+,49+,50+,54+,55+,56+,57+,58+,59+/m0/s1. The largest absolute Gasteiger partial charge is 0.471 e. The molecule has 38 nitrogen and oxygen atoms in total. The highest BCUT2D eigenvalue weighted by Crippen LogP contribution is 2.42. The highest BCUT2D eigenvalue weighted by atomic mass is 31.2. The van der Waals surface area contributed by atoms with Gasteiger partial charge in [-0.15, -0.1) is 0 Å². The first kappa shape index (κ1) is 90.7. The Balaban J connectivity index is 1.44. The van der Waals surface area contributed by atoms with E-state index < -0.39 is 150 Å². The zero-order chi connectivity index (χ0) is 73.0. The minimum atomic E-state index is -4.11. The molecule has 0 radical (unpaired) electrons. The van der Waals surface area contributed by atoms with E-state index in [0.717, 1.165) is 7.11 Å². The van der Waals surface area contributed by atoms with E-state index in [1.54, 1.807) is 0 Å². The number of carbonyl (C=O) groups is 5. The molecule has 0 aliphatic carbocycles. The van der Waals surface area contributed by atoms with Gasteiger partial charge in [0.05, 0.1) is 164 Å². The molecule has 3 fully saturated rings. The molecule has 5 amide bonds. The molecule has 3 heterocycles. The molecule has 0 bridgehead atoms. The Morgan fingerprint density at radius 1 is 0.400 bits per heavy atom. The highest BCUT2D eigenvalue weighted by Gasteiger charge is 2.39. The zero-order valence-corrected chi connectivity index (χ0v) is 58.3. The quantitative estimate of drug-likeness (QED) is 0.0200. The SMILES string of the molecule is COP(=O)(O)OCCCCCCNC(=O)[C@H](CCCCNC(=O)COCCOCCOCCO[C@H]1C[C@@H](O)[C@@H](O)[C@@H](CO)O1)NC(=O)[C@H](CCCCNC(=O)COCCOCCOCCO[C@H]1C[C@@H](O)[C@@H](O)[C@@H](CO)O1)NC(=O)COCCOCCOCCO[C@H]1C[C@@H](O)[C@@H](O)[C@@H](CO)O1. The fraction of sp³-hybridized carbons (Fsp3) is 0.918. The molecule has 0 aromatic rings. The summed E-state index contributed by atoms with van der Waals surface area (Å²) in [7, 11) is -3.05. The lowest BCUT2D eigenvalue weighted by molar-refractivity contribution is -0.259. The predicted octanol–water partition coefficient (Wildman–Crippen LogP) is -5.34. The number of unbranched alkanes of at least 4 members (excludes halogenated alkanes) is 5. The van der Waals surface area contributed by atoms with Gasteiger partial charge < -0.3 is 148 Å². The maximum absolute atomic E-state index is 14.1. The number of aliphatic hydroxyl groups is 9. The number of aliphatic hydroxyl groups excluding tert-OH is 9. The van der Waals surface area contributed by atoms with E-state index in [1.165, 1.54) is 0 Å². The van der Waals surface area contributed by atoms with Gasteiger partial charge in [0, 0.05) is 46.0 Å². The van der Waals surface area contributed by atoms with E-state index >= 15 is 0 Å². The average Bonchev–Trinajstić information content (AvgIpc) is 0.894. The molecular formula is C61H114N5O33P. The minimum Gasteiger partial charge on any atom is -0.394 e. The molecule has 0 aromatic heterocycles. The molecule has 15 atom stereocenters. The highest BCUT2D eigenvalue weighted by molar-refractivity contribution is 7.47. The number of nitrogens with one attached hydrogen (secondary N) is 5. The van der Waals surface area contributed by atoms with Crippen LogP contribution in [-0.2, 0) is 109 Å². The van der Waals surface area contributed by atoms with Crippen LogP contribution in [0, 0.1) is 0 Å². The first-order chi connectivity index (χ1) is 48.3. The topological polar surface area (TPSA) is 522 Å². The number of ether oxygens (including phenoxy) is 15. The van der Waals surface area contributed by atoms with Crippen molar-refractivity contribution in [2.75, 3.05) is 192 Å². The summed E-state index contributed by atoms with van der Waals surface area (Å²) in [5.74, 6) is -2.59. The third-order valence-corrected chi connectivity index (χ3v) is 16.3. The lowest BCUT2D eigenvalue weighted by Gasteiger charge is -2.35. The van der Waals surface area contributed by atoms with Gasteiger partial charge in [0.2, 0.25) is 29.5 Å². The fourth-order valence-electron chi connectivity index (χ4n) is 9.75. The number of hydrogen-bond donors (Lipinski definition) is 15. The summed E-state index contributed by atoms with van der Waals surface area (Å²) in [6.07, 6.45) is -8.13. The van der Waals surface area contributed by atoms with Crippen molar-refractivity contribution in [1.29, 1.82) is 0 Å². The van der Waals surface area contributed by atoms with Gasteiger partial charge in [-0.1, -0.05) is 12.8 Å². The second-order valence-electron chi connectivity index (χ2n) is 23.2. The van der Waals surface area contributed by atoms with Gasteiger partial charge >= 0.3 is 7.82 Å². The molecule has 0 spiro atoms. The van der Waals surface area contributed by atoms with Gasteiger partial charge in [0.15, 0.2) is 18.9 Å². The van der Waals surface area contributed by atoms with Crippen LogP contribution in [0.3, 0.4) is 0 Å². The first-order valence-corrected chi connectivity index (χ1v) is 35.7. The summed E-state index contributed by atoms with van der Waals surface area (Å²) in [5, 5.41) is 101. The summed E-state index contributed by atoms with van der Waals surface area (Å²) in [5.41, 5.74) is 0. The van der Waals surface area contributed by atoms with Crippen molar-refractivity contribution < 1.29 is 159 Å². The minimum absolute atomic E-state index is 0.00416. The van der Waals surface area contributed by atoms with E-state index in [1.807, 2.05) is 0 Å². The van der Waals surface area contributed by atoms with E-state index in [2.05, 4.69) is 31.1 Å². The molecule has 1 unspecified atom stereocenters. The maximum Gasteiger partial charge on any atom is 0.471 e. The number of carbonyl (C=O) groups excluding carboxylic acids is 5. The predicted molar refractivity (Wildman–Crippen MR) is 344 cm³/mol. The van der Waals surface area contributed by atoms with E-state index in [9.17, 15) is 79.4 Å². The molecule has 3 saturated heterocycles. The Labute approximate surface area is 583 Å². The third-order valence-electron chi connectivity index (χ3n) is 15.3. The summed E-state index contributed by atoms with van der Waals surface area (Å²) in [4.78, 5) is 75.9. The van der Waals surface area contributed by atoms with Crippen molar-refractivity contribution >= 4 is 37.4 Å². The molecule has 3 aliphatic rings. The second kappa shape index (κ2) is 56.8. The molecule has 0 aromatic carbocycles. The number of phosphoric ester groups is 1. The molecule has 3 rings (SSSR count). The molecule has 100 heavy (non-hydrogen) atoms. The van der Waals surface area contributed by atoms with Crippen LogP contribution in [0.15, 0.2) is 0 Å². The molecule has 3 aliphatic heterocycles. The third kappa shape index (κ3) is 42.5. The zero-order valence-electron chi connectivity index (χ0n) is 57.4. The Morgan fingerprint density at radius 3 is 1.09 bits per heavy atom. The van der Waals surface area contributed by atoms with E-state index in [-0.39, 0.29) is 190 Å². The first-order valence-electron chi connectivity index (χ1n) is 34.2. The number of phosphoric acid groups is 1. The summed E-state index contributed by atoms with van der Waals surface area (Å²) in [6.45, 7) is 1.22. The number of hydrogen-bond acceptors (Lipinski definition) is 32. The monoisotopic (exact) mass is 1480 g/mol. The Hall–Kier alpha value is -3.50. The second-order valence-corrected chi connectivity index (χ2v) is 24.8. The Kier molecular flexibility index (Phi) is 51.6. The number of rotatable bonds is 62. The molecule has 586 valence electrons. The van der Waals surface area contributed by atoms with Gasteiger partial charge in [0.1, 0.15) is 68.5 Å². The molecular weight excluding hydrogens is 1360 g/mol. The summed E-state index contributed by atoms with van der Waals surface area (Å²) >= 11 is 0. The smallest absolute Gasteiger partial charge is 0.394 e. The maximum atomic E-state index is 14.1. The summed E-state index contributed by atoms with van der Waals surface area (Å²) in [6, 6.07) is -2.23. The van der Waals surface area contributed by atoms with Crippen LogP contribution in [0.25, 0.3) is 0 Å². The Morgan fingerprint density at radius 2 is 0.720 bits per heavy atom. The Bertz CT molecular complexity index is 2180. The lowest BCUT2D eigenvalue weighted by Crippen LogP contribution is -2.54. The van der Waals surface area contributed by atoms with Crippen molar-refractivity contribution in [3.63, 3.8) is 0 Å². The van der Waals surface area contributed by atoms with Crippen LogP contribution in [0.2, 0.25) is 0 Å². The van der Waals surface area contributed by atoms with Crippen molar-refractivity contribution in [1.82, 2.24) is 26.6 Å². The van der Waals surface area contributed by atoms with Crippen LogP contribution in [0.4, 0.5) is 0 Å². The number of amides is 5. The average molecular weight is 1480 g/mol. The molecule has 15 N–H and O–H groups in total. The van der Waals surface area contributed by atoms with Gasteiger partial charge in [-0.05, 0) is 51.4 Å². The molecule has 0 saturated carbocycles. The van der Waals surface area contributed by atoms with Crippen LogP contribution in [0.1, 0.15) is 83.5 Å². The van der Waals surface area contributed by atoms with Gasteiger partial charge in [0.25, 0.3) is 0 Å². The van der Waals surface area contributed by atoms with Crippen molar-refractivity contribution in [3.05, 3.63) is 0 Å². The molecule has 39 heteroatoms. The lowest BCUT2D eigenvalue weighted by atomic mass is 10.0. The van der Waals surface area contributed by atoms with Crippen LogP contribution >= 0.6 is 7.82 Å². The fourth-order valence-corrected chi connectivity index (χ4v) is 10.2. The van der Waals surface area contributed by atoms with Crippen molar-refractivity contribution in [2.24, 2.45) is 0 Å². The normalized spacial score (nSPS) is 24.4. The van der Waals surface area contributed by atoms with Gasteiger partial charge in [-0.25, -0.2) is 4.57 Å². The van der Waals surface area contributed by atoms with E-state index in [4.69, 9.17) is 75.6 Å². The van der Waals surface area contributed by atoms with Gasteiger partial charge in [-0.3, -0.25) is 33.0 Å². The van der Waals surface area contributed by atoms with E-state index in [0.29, 0.717) is 51.4 Å². The van der Waals surface area contributed by atoms with Crippen LogP contribution in [0.5, 0.6) is 0 Å². The van der Waals surface area contributed by atoms with Crippen molar-refractivity contribution in [2.45, 2.75) is 169 Å². The van der Waals surface area contributed by atoms with Crippen molar-refractivity contribution in [3.8, 4) is 0 Å². The van der Waals surface area contributed by atoms with Crippen LogP contribution in [-0.4, -0.2) is 358 Å². The van der Waals surface area contributed by atoms with Crippen LogP contribution < -0.4 is 26.6 Å². The summed E-state index contributed by atoms with van der Waals surface area (Å²) < 4.78 is 103. The van der Waals surface area contributed by atoms with Gasteiger partial charge in [-0.2, -0.15) is 0 Å².